The van der Waals surface area contributed by atoms with Crippen LogP contribution in [0, 0.1) is 25.2 Å². The Labute approximate surface area is 160 Å². The Morgan fingerprint density at radius 3 is 2.52 bits per heavy atom. The van der Waals surface area contributed by atoms with Crippen LogP contribution in [0.25, 0.3) is 0 Å². The zero-order valence-corrected chi connectivity index (χ0v) is 18.1. The zero-order chi connectivity index (χ0) is 20.8. The summed E-state index contributed by atoms with van der Waals surface area (Å²) in [5, 5.41) is 10.00. The standard InChI is InChI=1S/C19H30N2O5Si/c1-9-19(11-22)14(26-27(7,8)18(4,5)6)13(3)16(25-19)21-10-12(2)15(23)20-17(21)24/h1,10,13-14,16,22H,11H2,2-8H3,(H,20,23,24)/t13-,14-,16+,19+/m0/s1. The Morgan fingerprint density at radius 2 is 2.04 bits per heavy atom. The van der Waals surface area contributed by atoms with E-state index in [1.807, 2.05) is 6.92 Å². The molecule has 8 heteroatoms. The molecule has 1 aliphatic heterocycles. The number of aliphatic hydroxyl groups is 1. The third-order valence-electron chi connectivity index (χ3n) is 5.84. The molecule has 4 atom stereocenters. The number of ether oxygens (including phenoxy) is 1. The maximum absolute atomic E-state index is 12.3. The molecule has 150 valence electrons. The number of H-pyrrole nitrogens is 1. The van der Waals surface area contributed by atoms with Crippen molar-refractivity contribution in [2.24, 2.45) is 5.92 Å². The van der Waals surface area contributed by atoms with Crippen molar-refractivity contribution in [3.05, 3.63) is 32.6 Å². The molecule has 0 bridgehead atoms. The molecule has 1 aliphatic rings. The van der Waals surface area contributed by atoms with Gasteiger partial charge in [-0.05, 0) is 25.1 Å². The van der Waals surface area contributed by atoms with Gasteiger partial charge in [-0.3, -0.25) is 14.3 Å². The lowest BCUT2D eigenvalue weighted by atomic mass is 9.92. The van der Waals surface area contributed by atoms with Gasteiger partial charge >= 0.3 is 5.69 Å². The number of aromatic amines is 1. The number of aromatic nitrogens is 2. The number of terminal acetylenes is 1. The van der Waals surface area contributed by atoms with Crippen molar-refractivity contribution in [1.82, 2.24) is 9.55 Å². The van der Waals surface area contributed by atoms with Gasteiger partial charge in [0.1, 0.15) is 6.23 Å². The normalized spacial score (nSPS) is 28.9. The van der Waals surface area contributed by atoms with Crippen molar-refractivity contribution in [3.8, 4) is 12.3 Å². The molecule has 0 unspecified atom stereocenters. The molecule has 1 aromatic heterocycles. The fraction of sp³-hybridized carbons (Fsp3) is 0.684. The van der Waals surface area contributed by atoms with E-state index in [0.717, 1.165) is 0 Å². The SMILES string of the molecule is C#C[C@]1(CO)O[C@@H](n2cc(C)c(=O)[nH]c2=O)[C@@H](C)[C@@H]1O[Si](C)(C)C(C)(C)C. The Balaban J connectivity index is 2.53. The van der Waals surface area contributed by atoms with Crippen LogP contribution in [-0.2, 0) is 9.16 Å². The second kappa shape index (κ2) is 7.06. The first-order valence-corrected chi connectivity index (χ1v) is 12.0. The van der Waals surface area contributed by atoms with E-state index in [4.69, 9.17) is 15.6 Å². The minimum absolute atomic E-state index is 0.0635. The summed E-state index contributed by atoms with van der Waals surface area (Å²) >= 11 is 0. The average Bonchev–Trinajstić information content (AvgIpc) is 2.83. The van der Waals surface area contributed by atoms with E-state index in [-0.39, 0.29) is 11.0 Å². The summed E-state index contributed by atoms with van der Waals surface area (Å²) < 4.78 is 13.9. The molecule has 1 aromatic rings. The van der Waals surface area contributed by atoms with Gasteiger partial charge in [-0.2, -0.15) is 0 Å². The second-order valence-corrected chi connectivity index (χ2v) is 13.6. The molecule has 0 aliphatic carbocycles. The van der Waals surface area contributed by atoms with E-state index in [1.165, 1.54) is 10.8 Å². The van der Waals surface area contributed by atoms with Crippen molar-refractivity contribution >= 4 is 8.32 Å². The fourth-order valence-corrected chi connectivity index (χ4v) is 4.43. The van der Waals surface area contributed by atoms with Gasteiger partial charge in [-0.15, -0.1) is 6.42 Å². The van der Waals surface area contributed by atoms with Crippen LogP contribution in [-0.4, -0.2) is 41.3 Å². The monoisotopic (exact) mass is 394 g/mol. The van der Waals surface area contributed by atoms with Gasteiger partial charge in [0.15, 0.2) is 13.9 Å². The van der Waals surface area contributed by atoms with Gasteiger partial charge in [-0.1, -0.05) is 33.6 Å². The lowest BCUT2D eigenvalue weighted by molar-refractivity contribution is -0.0897. The second-order valence-electron chi connectivity index (χ2n) is 8.84. The number of aliphatic hydroxyl groups excluding tert-OH is 1. The molecule has 1 fully saturated rings. The summed E-state index contributed by atoms with van der Waals surface area (Å²) in [7, 11) is -2.23. The highest BCUT2D eigenvalue weighted by atomic mass is 28.4. The van der Waals surface area contributed by atoms with Gasteiger partial charge in [0.2, 0.25) is 0 Å². The van der Waals surface area contributed by atoms with E-state index >= 15 is 0 Å². The van der Waals surface area contributed by atoms with Crippen LogP contribution in [0.5, 0.6) is 0 Å². The molecule has 2 N–H and O–H groups in total. The number of nitrogens with zero attached hydrogens (tertiary/aromatic N) is 1. The van der Waals surface area contributed by atoms with Crippen LogP contribution in [0.4, 0.5) is 0 Å². The molecule has 1 saturated heterocycles. The molecule has 7 nitrogen and oxygen atoms in total. The molecule has 0 radical (unpaired) electrons. The number of rotatable bonds is 4. The summed E-state index contributed by atoms with van der Waals surface area (Å²) in [6.07, 6.45) is 5.86. The summed E-state index contributed by atoms with van der Waals surface area (Å²) in [5.74, 6) is 2.25. The molecular formula is C19H30N2O5Si. The number of nitrogens with one attached hydrogen (secondary N) is 1. The van der Waals surface area contributed by atoms with Crippen molar-refractivity contribution in [2.45, 2.75) is 70.7 Å². The van der Waals surface area contributed by atoms with E-state index < -0.39 is 44.1 Å². The lowest BCUT2D eigenvalue weighted by Crippen LogP contribution is -2.53. The first-order valence-electron chi connectivity index (χ1n) is 9.06. The van der Waals surface area contributed by atoms with Gasteiger partial charge in [-0.25, -0.2) is 4.79 Å². The molecule has 0 aromatic carbocycles. The van der Waals surface area contributed by atoms with E-state index in [1.54, 1.807) is 6.92 Å². The largest absolute Gasteiger partial charge is 0.409 e. The topological polar surface area (TPSA) is 93.5 Å². The van der Waals surface area contributed by atoms with E-state index in [9.17, 15) is 14.7 Å². The van der Waals surface area contributed by atoms with Gasteiger partial charge in [0.05, 0.1) is 12.7 Å². The third kappa shape index (κ3) is 3.69. The number of hydrogen-bond donors (Lipinski definition) is 2. The Kier molecular flexibility index (Phi) is 5.65. The lowest BCUT2D eigenvalue weighted by Gasteiger charge is -2.42. The van der Waals surface area contributed by atoms with Crippen molar-refractivity contribution < 1.29 is 14.3 Å². The minimum atomic E-state index is -2.23. The predicted octanol–water partition coefficient (Wildman–Crippen LogP) is 1.76. The molecule has 0 amide bonds. The van der Waals surface area contributed by atoms with Gasteiger partial charge in [0, 0.05) is 17.7 Å². The zero-order valence-electron chi connectivity index (χ0n) is 17.1. The van der Waals surface area contributed by atoms with Crippen LogP contribution in [0.3, 0.4) is 0 Å². The molecule has 27 heavy (non-hydrogen) atoms. The van der Waals surface area contributed by atoms with Gasteiger partial charge < -0.3 is 14.3 Å². The maximum atomic E-state index is 12.3. The Bertz CT molecular complexity index is 861. The van der Waals surface area contributed by atoms with Crippen LogP contribution >= 0.6 is 0 Å². The summed E-state index contributed by atoms with van der Waals surface area (Å²) in [6, 6.07) is 0. The highest BCUT2D eigenvalue weighted by Crippen LogP contribution is 2.46. The Morgan fingerprint density at radius 1 is 1.44 bits per heavy atom. The van der Waals surface area contributed by atoms with Crippen LogP contribution in [0.2, 0.25) is 18.1 Å². The number of hydrogen-bond acceptors (Lipinski definition) is 5. The average molecular weight is 395 g/mol. The maximum Gasteiger partial charge on any atom is 0.330 e. The van der Waals surface area contributed by atoms with Gasteiger partial charge in [0.25, 0.3) is 5.56 Å². The summed E-state index contributed by atoms with van der Waals surface area (Å²) in [5.41, 5.74) is -2.00. The van der Waals surface area contributed by atoms with Crippen LogP contribution in [0.15, 0.2) is 15.8 Å². The highest BCUT2D eigenvalue weighted by Gasteiger charge is 2.56. The molecule has 0 spiro atoms. The first kappa shape index (κ1) is 21.6. The summed E-state index contributed by atoms with van der Waals surface area (Å²) in [4.78, 5) is 26.3. The molecular weight excluding hydrogens is 364 g/mol. The quantitative estimate of drug-likeness (QED) is 0.600. The van der Waals surface area contributed by atoms with Crippen molar-refractivity contribution in [2.75, 3.05) is 6.61 Å². The summed E-state index contributed by atoms with van der Waals surface area (Å²) in [6.45, 7) is 13.6. The smallest absolute Gasteiger partial charge is 0.330 e. The number of aryl methyl sites for hydroxylation is 1. The van der Waals surface area contributed by atoms with Crippen LogP contribution < -0.4 is 11.2 Å². The van der Waals surface area contributed by atoms with E-state index in [0.29, 0.717) is 5.56 Å². The first-order chi connectivity index (χ1) is 12.3. The highest BCUT2D eigenvalue weighted by molar-refractivity contribution is 6.74. The van der Waals surface area contributed by atoms with Crippen LogP contribution in [0.1, 0.15) is 39.5 Å². The fourth-order valence-electron chi connectivity index (χ4n) is 3.04. The predicted molar refractivity (Wildman–Crippen MR) is 106 cm³/mol. The third-order valence-corrected chi connectivity index (χ3v) is 10.3. The minimum Gasteiger partial charge on any atom is -0.409 e. The Hall–Kier alpha value is -1.66. The van der Waals surface area contributed by atoms with Crippen molar-refractivity contribution in [1.29, 1.82) is 0 Å². The van der Waals surface area contributed by atoms with Crippen molar-refractivity contribution in [3.63, 3.8) is 0 Å². The van der Waals surface area contributed by atoms with E-state index in [2.05, 4.69) is 44.8 Å². The molecule has 2 heterocycles. The molecule has 2 rings (SSSR count). The molecule has 0 saturated carbocycles.